The number of aryl methyl sites for hydroxylation is 1. The van der Waals surface area contributed by atoms with Crippen LogP contribution in [0.5, 0.6) is 0 Å². The van der Waals surface area contributed by atoms with Gasteiger partial charge in [0.1, 0.15) is 5.82 Å². The minimum absolute atomic E-state index is 0.00426. The summed E-state index contributed by atoms with van der Waals surface area (Å²) < 4.78 is 18.1. The largest absolute Gasteiger partial charge is 0.455 e. The number of nitrogens with one attached hydrogen (secondary N) is 1. The molecule has 1 atom stereocenters. The van der Waals surface area contributed by atoms with Crippen molar-refractivity contribution in [1.29, 1.82) is 0 Å². The molecule has 2 amide bonds. The van der Waals surface area contributed by atoms with Gasteiger partial charge in [0.05, 0.1) is 5.92 Å². The maximum Gasteiger partial charge on any atom is 0.311 e. The summed E-state index contributed by atoms with van der Waals surface area (Å²) in [6, 6.07) is 12.7. The number of esters is 1. The topological polar surface area (TPSA) is 75.7 Å². The third-order valence-corrected chi connectivity index (χ3v) is 4.24. The highest BCUT2D eigenvalue weighted by Crippen LogP contribution is 2.26. The van der Waals surface area contributed by atoms with Crippen LogP contribution in [0.15, 0.2) is 48.5 Å². The molecule has 0 saturated carbocycles. The maximum absolute atomic E-state index is 13.0. The van der Waals surface area contributed by atoms with Crippen molar-refractivity contribution >= 4 is 29.2 Å². The molecule has 1 aliphatic rings. The SMILES string of the molecule is Cc1cccc(NC(=O)COC(=O)[C@H]2CC(=O)N(c3ccc(F)cc3)C2)c1. The van der Waals surface area contributed by atoms with Crippen LogP contribution >= 0.6 is 0 Å². The molecule has 1 saturated heterocycles. The normalized spacial score (nSPS) is 16.3. The molecule has 27 heavy (non-hydrogen) atoms. The van der Waals surface area contributed by atoms with E-state index in [4.69, 9.17) is 4.74 Å². The van der Waals surface area contributed by atoms with Crippen LogP contribution in [0.2, 0.25) is 0 Å². The Morgan fingerprint density at radius 1 is 1.22 bits per heavy atom. The van der Waals surface area contributed by atoms with E-state index in [0.29, 0.717) is 11.4 Å². The standard InChI is InChI=1S/C20H19FN2O4/c1-13-3-2-4-16(9-13)22-18(24)12-27-20(26)14-10-19(25)23(11-14)17-7-5-15(21)6-8-17/h2-9,14H,10-12H2,1H3,(H,22,24)/t14-/m0/s1. The summed E-state index contributed by atoms with van der Waals surface area (Å²) in [5, 5.41) is 2.65. The van der Waals surface area contributed by atoms with Crippen LogP contribution in [0.4, 0.5) is 15.8 Å². The zero-order valence-electron chi connectivity index (χ0n) is 14.8. The average molecular weight is 370 g/mol. The predicted molar refractivity (Wildman–Crippen MR) is 97.6 cm³/mol. The van der Waals surface area contributed by atoms with Gasteiger partial charge in [-0.15, -0.1) is 0 Å². The first kappa shape index (κ1) is 18.6. The second-order valence-electron chi connectivity index (χ2n) is 6.41. The van der Waals surface area contributed by atoms with Crippen molar-refractivity contribution in [2.45, 2.75) is 13.3 Å². The van der Waals surface area contributed by atoms with Crippen LogP contribution in [-0.4, -0.2) is 30.9 Å². The number of anilines is 2. The van der Waals surface area contributed by atoms with E-state index in [-0.39, 0.29) is 18.9 Å². The van der Waals surface area contributed by atoms with Gasteiger partial charge in [0.15, 0.2) is 6.61 Å². The fourth-order valence-electron chi connectivity index (χ4n) is 2.91. The number of carbonyl (C=O) groups excluding carboxylic acids is 3. The van der Waals surface area contributed by atoms with Gasteiger partial charge in [-0.05, 0) is 48.9 Å². The summed E-state index contributed by atoms with van der Waals surface area (Å²) in [6.45, 7) is 1.62. The van der Waals surface area contributed by atoms with E-state index in [0.717, 1.165) is 5.56 Å². The highest BCUT2D eigenvalue weighted by Gasteiger charge is 2.36. The average Bonchev–Trinajstić information content (AvgIpc) is 3.02. The first-order valence-corrected chi connectivity index (χ1v) is 8.51. The molecule has 0 radical (unpaired) electrons. The second kappa shape index (κ2) is 7.99. The Morgan fingerprint density at radius 2 is 1.96 bits per heavy atom. The van der Waals surface area contributed by atoms with Crippen molar-refractivity contribution in [2.24, 2.45) is 5.92 Å². The van der Waals surface area contributed by atoms with Gasteiger partial charge in [0, 0.05) is 24.3 Å². The van der Waals surface area contributed by atoms with Gasteiger partial charge >= 0.3 is 5.97 Å². The molecule has 0 unspecified atom stereocenters. The third kappa shape index (κ3) is 4.69. The Labute approximate surface area is 155 Å². The summed E-state index contributed by atoms with van der Waals surface area (Å²) in [7, 11) is 0. The lowest BCUT2D eigenvalue weighted by Gasteiger charge is -2.16. The summed E-state index contributed by atoms with van der Waals surface area (Å²) >= 11 is 0. The molecule has 7 heteroatoms. The number of hydrogen-bond donors (Lipinski definition) is 1. The van der Waals surface area contributed by atoms with Crippen LogP contribution in [-0.2, 0) is 19.1 Å². The van der Waals surface area contributed by atoms with Gasteiger partial charge in [0.25, 0.3) is 5.91 Å². The zero-order valence-corrected chi connectivity index (χ0v) is 14.8. The number of ether oxygens (including phenoxy) is 1. The fraction of sp³-hybridized carbons (Fsp3) is 0.250. The van der Waals surface area contributed by atoms with Crippen LogP contribution in [0, 0.1) is 18.7 Å². The summed E-state index contributed by atoms with van der Waals surface area (Å²) in [6.07, 6.45) is -0.00426. The Hall–Kier alpha value is -3.22. The summed E-state index contributed by atoms with van der Waals surface area (Å²) in [4.78, 5) is 37.7. The van der Waals surface area contributed by atoms with E-state index >= 15 is 0 Å². The van der Waals surface area contributed by atoms with Crippen LogP contribution in [0.25, 0.3) is 0 Å². The fourth-order valence-corrected chi connectivity index (χ4v) is 2.91. The van der Waals surface area contributed by atoms with Gasteiger partial charge in [-0.1, -0.05) is 12.1 Å². The smallest absolute Gasteiger partial charge is 0.311 e. The van der Waals surface area contributed by atoms with Crippen molar-refractivity contribution in [3.8, 4) is 0 Å². The Balaban J connectivity index is 1.52. The Morgan fingerprint density at radius 3 is 2.67 bits per heavy atom. The van der Waals surface area contributed by atoms with E-state index in [9.17, 15) is 18.8 Å². The molecule has 3 rings (SSSR count). The second-order valence-corrected chi connectivity index (χ2v) is 6.41. The minimum Gasteiger partial charge on any atom is -0.455 e. The first-order chi connectivity index (χ1) is 12.9. The molecule has 2 aromatic rings. The Bertz CT molecular complexity index is 867. The highest BCUT2D eigenvalue weighted by molar-refractivity contribution is 6.00. The van der Waals surface area contributed by atoms with Crippen LogP contribution in [0.1, 0.15) is 12.0 Å². The molecule has 1 heterocycles. The van der Waals surface area contributed by atoms with E-state index < -0.39 is 30.2 Å². The molecule has 1 N–H and O–H groups in total. The van der Waals surface area contributed by atoms with Crippen LogP contribution in [0.3, 0.4) is 0 Å². The van der Waals surface area contributed by atoms with Crippen molar-refractivity contribution in [3.63, 3.8) is 0 Å². The summed E-state index contributed by atoms with van der Waals surface area (Å²) in [5.41, 5.74) is 2.14. The van der Waals surface area contributed by atoms with E-state index in [1.54, 1.807) is 12.1 Å². The van der Waals surface area contributed by atoms with Gasteiger partial charge in [0.2, 0.25) is 5.91 Å². The van der Waals surface area contributed by atoms with E-state index in [2.05, 4.69) is 5.32 Å². The quantitative estimate of drug-likeness (QED) is 0.821. The van der Waals surface area contributed by atoms with Gasteiger partial charge < -0.3 is 15.0 Å². The number of carbonyl (C=O) groups is 3. The molecule has 0 spiro atoms. The first-order valence-electron chi connectivity index (χ1n) is 8.51. The Kier molecular flexibility index (Phi) is 5.49. The molecule has 2 aromatic carbocycles. The van der Waals surface area contributed by atoms with Gasteiger partial charge in [-0.25, -0.2) is 4.39 Å². The van der Waals surface area contributed by atoms with Gasteiger partial charge in [-0.3, -0.25) is 14.4 Å². The molecule has 0 aromatic heterocycles. The lowest BCUT2D eigenvalue weighted by atomic mass is 10.1. The van der Waals surface area contributed by atoms with Crippen molar-refractivity contribution in [3.05, 3.63) is 59.9 Å². The molecular weight excluding hydrogens is 351 g/mol. The molecule has 6 nitrogen and oxygen atoms in total. The maximum atomic E-state index is 13.0. The minimum atomic E-state index is -0.658. The highest BCUT2D eigenvalue weighted by atomic mass is 19.1. The third-order valence-electron chi connectivity index (χ3n) is 4.24. The lowest BCUT2D eigenvalue weighted by Crippen LogP contribution is -2.28. The molecular formula is C20H19FN2O4. The number of rotatable bonds is 5. The van der Waals surface area contributed by atoms with E-state index in [1.165, 1.54) is 29.2 Å². The molecule has 140 valence electrons. The molecule has 0 aliphatic carbocycles. The van der Waals surface area contributed by atoms with Gasteiger partial charge in [-0.2, -0.15) is 0 Å². The van der Waals surface area contributed by atoms with Crippen molar-refractivity contribution in [2.75, 3.05) is 23.4 Å². The number of nitrogens with zero attached hydrogens (tertiary/aromatic N) is 1. The van der Waals surface area contributed by atoms with Crippen LogP contribution < -0.4 is 10.2 Å². The molecule has 0 bridgehead atoms. The number of hydrogen-bond acceptors (Lipinski definition) is 4. The number of amides is 2. The lowest BCUT2D eigenvalue weighted by molar-refractivity contribution is -0.151. The van der Waals surface area contributed by atoms with Crippen molar-refractivity contribution in [1.82, 2.24) is 0 Å². The monoisotopic (exact) mass is 370 g/mol. The number of benzene rings is 2. The zero-order chi connectivity index (χ0) is 19.4. The predicted octanol–water partition coefficient (Wildman–Crippen LogP) is 2.67. The summed E-state index contributed by atoms with van der Waals surface area (Å²) in [5.74, 6) is -2.36. The molecule has 1 fully saturated rings. The van der Waals surface area contributed by atoms with E-state index in [1.807, 2.05) is 19.1 Å². The van der Waals surface area contributed by atoms with Crippen molar-refractivity contribution < 1.29 is 23.5 Å². The molecule has 1 aliphatic heterocycles. The number of halogens is 1.